The smallest absolute Gasteiger partial charge is 0.240 e. The molecule has 1 aliphatic carbocycles. The van der Waals surface area contributed by atoms with E-state index in [-0.39, 0.29) is 0 Å². The number of benzene rings is 3. The van der Waals surface area contributed by atoms with Crippen LogP contribution in [0.5, 0.6) is 11.5 Å². The van der Waals surface area contributed by atoms with Gasteiger partial charge in [-0.15, -0.1) is 0 Å². The number of alkyl halides is 1. The Morgan fingerprint density at radius 3 is 2.20 bits per heavy atom. The predicted octanol–water partition coefficient (Wildman–Crippen LogP) is 6.31. The van der Waals surface area contributed by atoms with E-state index in [0.29, 0.717) is 46.9 Å². The van der Waals surface area contributed by atoms with E-state index < -0.39 is 29.8 Å². The number of amides is 2. The quantitative estimate of drug-likeness (QED) is 0.225. The van der Waals surface area contributed by atoms with Crippen molar-refractivity contribution in [3.63, 3.8) is 0 Å². The summed E-state index contributed by atoms with van der Waals surface area (Å²) >= 11 is 0. The van der Waals surface area contributed by atoms with Crippen LogP contribution >= 0.6 is 0 Å². The zero-order chi connectivity index (χ0) is 27.7. The standard InChI is InChI=1S/C30H23F2N5O3/c31-18-37-26(11-16-34-37)19-1-10-24-25(17-19)33-15-12-27(24)40-23-8-6-22(7-9-23)36-29(39)30(13-14-30)28(38)35-21-4-2-20(32)3-5-21/h1-12,15-17H,13-14,18H2,(H,35,38)(H,36,39). The number of rotatable bonds is 8. The Kier molecular flexibility index (Phi) is 6.43. The first kappa shape index (κ1) is 25.2. The fourth-order valence-corrected chi connectivity index (χ4v) is 4.49. The van der Waals surface area contributed by atoms with Crippen molar-refractivity contribution >= 4 is 34.1 Å². The minimum Gasteiger partial charge on any atom is -0.457 e. The molecule has 0 atom stereocenters. The van der Waals surface area contributed by atoms with E-state index in [0.717, 1.165) is 10.9 Å². The van der Waals surface area contributed by atoms with Gasteiger partial charge in [-0.2, -0.15) is 5.10 Å². The fraction of sp³-hybridized carbons (Fsp3) is 0.133. The molecule has 1 aliphatic rings. The number of carbonyl (C=O) groups is 2. The molecule has 1 fully saturated rings. The molecule has 2 N–H and O–H groups in total. The maximum Gasteiger partial charge on any atom is 0.240 e. The molecule has 3 aromatic carbocycles. The lowest BCUT2D eigenvalue weighted by Crippen LogP contribution is -2.35. The Bertz CT molecular complexity index is 1710. The van der Waals surface area contributed by atoms with E-state index in [4.69, 9.17) is 4.74 Å². The van der Waals surface area contributed by atoms with E-state index in [1.54, 1.807) is 48.8 Å². The third kappa shape index (κ3) is 4.86. The number of fused-ring (bicyclic) bond motifs is 1. The van der Waals surface area contributed by atoms with Crippen molar-refractivity contribution in [1.82, 2.24) is 14.8 Å². The van der Waals surface area contributed by atoms with Crippen molar-refractivity contribution in [1.29, 1.82) is 0 Å². The van der Waals surface area contributed by atoms with Gasteiger partial charge in [0.25, 0.3) is 0 Å². The summed E-state index contributed by atoms with van der Waals surface area (Å²) in [5.41, 5.74) is 1.91. The lowest BCUT2D eigenvalue weighted by Gasteiger charge is -2.16. The third-order valence-corrected chi connectivity index (χ3v) is 6.89. The summed E-state index contributed by atoms with van der Waals surface area (Å²) in [6.07, 6.45) is 4.04. The van der Waals surface area contributed by atoms with Crippen molar-refractivity contribution in [3.05, 3.63) is 97.1 Å². The van der Waals surface area contributed by atoms with E-state index in [9.17, 15) is 18.4 Å². The van der Waals surface area contributed by atoms with Crippen LogP contribution in [0.2, 0.25) is 0 Å². The summed E-state index contributed by atoms with van der Waals surface area (Å²) in [7, 11) is 0. The van der Waals surface area contributed by atoms with Crippen molar-refractivity contribution in [2.24, 2.45) is 5.41 Å². The minimum atomic E-state index is -1.15. The first-order valence-electron chi connectivity index (χ1n) is 12.6. The van der Waals surface area contributed by atoms with Gasteiger partial charge in [-0.25, -0.2) is 13.5 Å². The Balaban J connectivity index is 1.13. The summed E-state index contributed by atoms with van der Waals surface area (Å²) in [5, 5.41) is 10.3. The summed E-state index contributed by atoms with van der Waals surface area (Å²) in [5.74, 6) is -0.0965. The third-order valence-electron chi connectivity index (χ3n) is 6.89. The number of anilines is 2. The van der Waals surface area contributed by atoms with Gasteiger partial charge in [0, 0.05) is 34.7 Å². The second kappa shape index (κ2) is 10.2. The number of ether oxygens (including phenoxy) is 1. The largest absolute Gasteiger partial charge is 0.457 e. The molecular weight excluding hydrogens is 516 g/mol. The van der Waals surface area contributed by atoms with E-state index in [2.05, 4.69) is 20.7 Å². The molecule has 10 heteroatoms. The predicted molar refractivity (Wildman–Crippen MR) is 146 cm³/mol. The van der Waals surface area contributed by atoms with Crippen LogP contribution in [-0.4, -0.2) is 26.6 Å². The Hall–Kier alpha value is -5.12. The highest BCUT2D eigenvalue weighted by Gasteiger charge is 2.56. The normalized spacial score (nSPS) is 13.6. The van der Waals surface area contributed by atoms with Crippen molar-refractivity contribution in [3.8, 4) is 22.8 Å². The van der Waals surface area contributed by atoms with Crippen molar-refractivity contribution in [2.45, 2.75) is 19.6 Å². The zero-order valence-electron chi connectivity index (χ0n) is 21.1. The molecule has 0 aliphatic heterocycles. The summed E-state index contributed by atoms with van der Waals surface area (Å²) in [6.45, 7) is -0.725. The van der Waals surface area contributed by atoms with Gasteiger partial charge in [-0.05, 0) is 85.6 Å². The van der Waals surface area contributed by atoms with Gasteiger partial charge in [0.05, 0.1) is 11.2 Å². The molecule has 8 nitrogen and oxygen atoms in total. The van der Waals surface area contributed by atoms with E-state index >= 15 is 0 Å². The highest BCUT2D eigenvalue weighted by Crippen LogP contribution is 2.47. The van der Waals surface area contributed by atoms with Crippen LogP contribution in [0.4, 0.5) is 20.2 Å². The highest BCUT2D eigenvalue weighted by atomic mass is 19.1. The van der Waals surface area contributed by atoms with Gasteiger partial charge in [-0.1, -0.05) is 6.07 Å². The summed E-state index contributed by atoms with van der Waals surface area (Å²) in [4.78, 5) is 30.2. The number of halogens is 2. The average molecular weight is 540 g/mol. The number of nitrogens with one attached hydrogen (secondary N) is 2. The van der Waals surface area contributed by atoms with Crippen LogP contribution in [0.1, 0.15) is 12.8 Å². The number of aromatic nitrogens is 3. The number of carbonyl (C=O) groups excluding carboxylic acids is 2. The molecule has 40 heavy (non-hydrogen) atoms. The first-order chi connectivity index (χ1) is 19.4. The summed E-state index contributed by atoms with van der Waals surface area (Å²) < 4.78 is 33.7. The molecule has 2 amide bonds. The van der Waals surface area contributed by atoms with Crippen LogP contribution < -0.4 is 15.4 Å². The molecule has 0 saturated heterocycles. The second-order valence-corrected chi connectivity index (χ2v) is 9.50. The van der Waals surface area contributed by atoms with Gasteiger partial charge < -0.3 is 15.4 Å². The first-order valence-corrected chi connectivity index (χ1v) is 12.6. The van der Waals surface area contributed by atoms with Crippen LogP contribution in [0.25, 0.3) is 22.2 Å². The van der Waals surface area contributed by atoms with Crippen LogP contribution in [0, 0.1) is 11.2 Å². The van der Waals surface area contributed by atoms with Gasteiger partial charge in [0.1, 0.15) is 22.7 Å². The topological polar surface area (TPSA) is 98.1 Å². The maximum atomic E-state index is 13.2. The molecular formula is C30H23F2N5O3. The Morgan fingerprint density at radius 1 is 0.875 bits per heavy atom. The number of hydrogen-bond donors (Lipinski definition) is 2. The highest BCUT2D eigenvalue weighted by molar-refractivity contribution is 6.16. The zero-order valence-corrected chi connectivity index (χ0v) is 21.1. The van der Waals surface area contributed by atoms with Gasteiger partial charge in [-0.3, -0.25) is 14.6 Å². The van der Waals surface area contributed by atoms with Crippen LogP contribution in [0.3, 0.4) is 0 Å². The molecule has 0 radical (unpaired) electrons. The summed E-state index contributed by atoms with van der Waals surface area (Å²) in [6, 6.07) is 21.3. The number of hydrogen-bond acceptors (Lipinski definition) is 5. The molecule has 0 unspecified atom stereocenters. The molecule has 2 heterocycles. The van der Waals surface area contributed by atoms with Crippen molar-refractivity contribution in [2.75, 3.05) is 10.6 Å². The van der Waals surface area contributed by atoms with E-state index in [1.807, 2.05) is 18.2 Å². The molecule has 2 aromatic heterocycles. The fourth-order valence-electron chi connectivity index (χ4n) is 4.49. The van der Waals surface area contributed by atoms with Crippen LogP contribution in [0.15, 0.2) is 91.3 Å². The second-order valence-electron chi connectivity index (χ2n) is 9.50. The Labute approximate surface area is 227 Å². The monoisotopic (exact) mass is 539 g/mol. The van der Waals surface area contributed by atoms with Crippen LogP contribution in [-0.2, 0) is 16.4 Å². The Morgan fingerprint density at radius 2 is 1.55 bits per heavy atom. The van der Waals surface area contributed by atoms with Gasteiger partial charge in [0.15, 0.2) is 6.80 Å². The molecule has 0 spiro atoms. The van der Waals surface area contributed by atoms with E-state index in [1.165, 1.54) is 28.9 Å². The number of pyridine rings is 1. The molecule has 200 valence electrons. The maximum absolute atomic E-state index is 13.2. The van der Waals surface area contributed by atoms with Gasteiger partial charge in [0.2, 0.25) is 11.8 Å². The number of nitrogens with zero attached hydrogens (tertiary/aromatic N) is 3. The lowest BCUT2D eigenvalue weighted by atomic mass is 10.0. The molecule has 6 rings (SSSR count). The minimum absolute atomic E-state index is 0.397. The van der Waals surface area contributed by atoms with Crippen molar-refractivity contribution < 1.29 is 23.1 Å². The SMILES string of the molecule is O=C(Nc1ccc(F)cc1)C1(C(=O)Nc2ccc(Oc3ccnc4cc(-c5ccnn5CF)ccc34)cc2)CC1. The lowest BCUT2D eigenvalue weighted by molar-refractivity contribution is -0.131. The average Bonchev–Trinajstić information content (AvgIpc) is 3.66. The molecule has 5 aromatic rings. The van der Waals surface area contributed by atoms with Gasteiger partial charge >= 0.3 is 0 Å². The molecule has 0 bridgehead atoms. The molecule has 1 saturated carbocycles.